The number of carbonyl (C=O) groups is 1. The lowest BCUT2D eigenvalue weighted by Gasteiger charge is -2.39. The van der Waals surface area contributed by atoms with Crippen LogP contribution < -0.4 is 5.32 Å². The van der Waals surface area contributed by atoms with Gasteiger partial charge in [0.25, 0.3) is 5.91 Å². The highest BCUT2D eigenvalue weighted by Gasteiger charge is 2.35. The first-order valence-corrected chi connectivity index (χ1v) is 17.9. The highest BCUT2D eigenvalue weighted by molar-refractivity contribution is 5.95. The van der Waals surface area contributed by atoms with E-state index >= 15 is 4.39 Å². The monoisotopic (exact) mass is 671 g/mol. The van der Waals surface area contributed by atoms with Crippen LogP contribution in [0.3, 0.4) is 0 Å². The zero-order valence-corrected chi connectivity index (χ0v) is 29.0. The number of aryl methyl sites for hydroxylation is 1. The van der Waals surface area contributed by atoms with Gasteiger partial charge < -0.3 is 14.8 Å². The zero-order valence-electron chi connectivity index (χ0n) is 29.0. The molecule has 5 heterocycles. The van der Waals surface area contributed by atoms with Crippen molar-refractivity contribution < 1.29 is 9.18 Å². The van der Waals surface area contributed by atoms with Crippen molar-refractivity contribution in [3.63, 3.8) is 0 Å². The number of hydrogen-bond acceptors (Lipinski definition) is 6. The van der Waals surface area contributed by atoms with Gasteiger partial charge in [-0.2, -0.15) is 10.2 Å². The molecule has 0 spiro atoms. The number of halogens is 1. The third kappa shape index (κ3) is 5.39. The average Bonchev–Trinajstić information content (AvgIpc) is 4.02. The molecule has 11 heteroatoms. The number of benzene rings is 2. The highest BCUT2D eigenvalue weighted by atomic mass is 19.1. The second-order valence-corrected chi connectivity index (χ2v) is 14.7. The fraction of sp³-hybridized carbons (Fsp3) is 0.410. The maximum absolute atomic E-state index is 15.8. The first-order valence-electron chi connectivity index (χ1n) is 17.9. The molecule has 9 rings (SSSR count). The van der Waals surface area contributed by atoms with Crippen molar-refractivity contribution in [2.45, 2.75) is 76.2 Å². The summed E-state index contributed by atoms with van der Waals surface area (Å²) in [7, 11) is 4.06. The number of alkyl halides is 1. The lowest BCUT2D eigenvalue weighted by atomic mass is 10.0. The van der Waals surface area contributed by atoms with Gasteiger partial charge in [0, 0.05) is 96.7 Å². The molecule has 1 aliphatic heterocycles. The predicted octanol–water partition coefficient (Wildman–Crippen LogP) is 6.67. The van der Waals surface area contributed by atoms with Crippen molar-refractivity contribution in [2.75, 3.05) is 13.1 Å². The molecule has 3 fully saturated rings. The molecule has 50 heavy (non-hydrogen) atoms. The number of rotatable bonds is 8. The van der Waals surface area contributed by atoms with E-state index in [4.69, 9.17) is 15.1 Å². The minimum atomic E-state index is -1.28. The Morgan fingerprint density at radius 1 is 0.920 bits per heavy atom. The SMILES string of the molecule is C[C@@H]1CNC[C@H](C)N1C(=O)c1ccc([C@@H](F)Cn2cc3c(-c4nc(-c5cc6cn(C)nc6nc5C5CC5)n(C)c4C4CC4)cccc3n2)cc1. The van der Waals surface area contributed by atoms with E-state index in [1.54, 1.807) is 28.9 Å². The molecule has 6 aromatic rings. The molecule has 0 bridgehead atoms. The second-order valence-electron chi connectivity index (χ2n) is 14.7. The van der Waals surface area contributed by atoms with Gasteiger partial charge in [0.1, 0.15) is 12.0 Å². The predicted molar refractivity (Wildman–Crippen MR) is 192 cm³/mol. The molecule has 4 aromatic heterocycles. The van der Waals surface area contributed by atoms with Crippen LogP contribution in [0.4, 0.5) is 4.39 Å². The Hall–Kier alpha value is -4.90. The summed E-state index contributed by atoms with van der Waals surface area (Å²) in [6.45, 7) is 5.71. The first-order chi connectivity index (χ1) is 24.2. The molecule has 0 radical (unpaired) electrons. The van der Waals surface area contributed by atoms with Gasteiger partial charge in [0.15, 0.2) is 5.65 Å². The van der Waals surface area contributed by atoms with Gasteiger partial charge in [-0.3, -0.25) is 14.2 Å². The molecule has 0 unspecified atom stereocenters. The number of amides is 1. The van der Waals surface area contributed by atoms with E-state index in [0.29, 0.717) is 23.0 Å². The number of pyridine rings is 1. The van der Waals surface area contributed by atoms with E-state index in [2.05, 4.69) is 48.0 Å². The molecule has 2 aromatic carbocycles. The Balaban J connectivity index is 1.02. The minimum Gasteiger partial charge on any atom is -0.331 e. The quantitative estimate of drug-likeness (QED) is 0.194. The molecule has 1 amide bonds. The standard InChI is InChI=1S/C39H42FN9O/c1-22-17-41-18-23(2)49(22)39(50)27-14-8-24(9-15-27)32(40)21-48-20-31-29(6-5-7-33(31)44-48)35-36(26-12-13-26)47(4)38(43-35)30-16-28-19-46(3)45-37(28)42-34(30)25-10-11-25/h5-9,14-16,19-20,22-23,25-26,32,41H,10-13,17-18,21H2,1-4H3/t22-,23+,32-/m0/s1. The summed E-state index contributed by atoms with van der Waals surface area (Å²) < 4.78 is 21.6. The molecule has 3 atom stereocenters. The summed E-state index contributed by atoms with van der Waals surface area (Å²) in [5.74, 6) is 1.80. The maximum Gasteiger partial charge on any atom is 0.254 e. The largest absolute Gasteiger partial charge is 0.331 e. The van der Waals surface area contributed by atoms with E-state index in [-0.39, 0.29) is 24.5 Å². The van der Waals surface area contributed by atoms with Crippen LogP contribution in [0.25, 0.3) is 44.6 Å². The van der Waals surface area contributed by atoms with Crippen LogP contribution in [-0.2, 0) is 20.6 Å². The molecule has 2 aliphatic carbocycles. The Bertz CT molecular complexity index is 2250. The van der Waals surface area contributed by atoms with Crippen molar-refractivity contribution >= 4 is 27.8 Å². The Labute approximate surface area is 290 Å². The summed E-state index contributed by atoms with van der Waals surface area (Å²) in [5, 5.41) is 14.7. The molecule has 10 nitrogen and oxygen atoms in total. The third-order valence-corrected chi connectivity index (χ3v) is 10.7. The van der Waals surface area contributed by atoms with E-state index in [9.17, 15) is 4.79 Å². The normalized spacial score (nSPS) is 20.2. The molecule has 1 saturated heterocycles. The topological polar surface area (TPSA) is 98.7 Å². The van der Waals surface area contributed by atoms with Crippen LogP contribution in [0.5, 0.6) is 0 Å². The number of nitrogens with one attached hydrogen (secondary N) is 1. The van der Waals surface area contributed by atoms with Crippen LogP contribution >= 0.6 is 0 Å². The number of piperazine rings is 1. The van der Waals surface area contributed by atoms with Crippen LogP contribution in [0.2, 0.25) is 0 Å². The van der Waals surface area contributed by atoms with Crippen molar-refractivity contribution in [3.05, 3.63) is 83.4 Å². The molecular formula is C39H42FN9O. The molecule has 256 valence electrons. The van der Waals surface area contributed by atoms with Gasteiger partial charge in [-0.25, -0.2) is 14.4 Å². The van der Waals surface area contributed by atoms with E-state index in [1.165, 1.54) is 5.69 Å². The molecular weight excluding hydrogens is 629 g/mol. The first kappa shape index (κ1) is 31.1. The van der Waals surface area contributed by atoms with Crippen LogP contribution in [0.15, 0.2) is 60.9 Å². The summed E-state index contributed by atoms with van der Waals surface area (Å²) in [6, 6.07) is 15.5. The van der Waals surface area contributed by atoms with Gasteiger partial charge in [0.2, 0.25) is 0 Å². The van der Waals surface area contributed by atoms with Crippen molar-refractivity contribution in [1.82, 2.24) is 44.3 Å². The molecule has 1 N–H and O–H groups in total. The third-order valence-electron chi connectivity index (χ3n) is 10.7. The van der Waals surface area contributed by atoms with E-state index in [0.717, 1.165) is 89.0 Å². The lowest BCUT2D eigenvalue weighted by Crippen LogP contribution is -2.57. The van der Waals surface area contributed by atoms with Crippen LogP contribution in [0.1, 0.15) is 84.8 Å². The summed E-state index contributed by atoms with van der Waals surface area (Å²) in [4.78, 5) is 25.6. The fourth-order valence-corrected chi connectivity index (χ4v) is 7.89. The average molecular weight is 672 g/mol. The lowest BCUT2D eigenvalue weighted by molar-refractivity contribution is 0.0544. The number of aromatic nitrogens is 7. The second kappa shape index (κ2) is 11.9. The highest BCUT2D eigenvalue weighted by Crippen LogP contribution is 2.49. The maximum atomic E-state index is 15.8. The number of imidazole rings is 1. The number of hydrogen-bond donors (Lipinski definition) is 1. The van der Waals surface area contributed by atoms with Gasteiger partial charge >= 0.3 is 0 Å². The summed E-state index contributed by atoms with van der Waals surface area (Å²) >= 11 is 0. The number of carbonyl (C=O) groups excluding carboxylic acids is 1. The van der Waals surface area contributed by atoms with E-state index < -0.39 is 6.17 Å². The molecule has 2 saturated carbocycles. The summed E-state index contributed by atoms with van der Waals surface area (Å²) in [6.07, 6.45) is 7.23. The summed E-state index contributed by atoms with van der Waals surface area (Å²) in [5.41, 5.74) is 8.07. The van der Waals surface area contributed by atoms with Gasteiger partial charge in [-0.1, -0.05) is 24.3 Å². The van der Waals surface area contributed by atoms with Crippen molar-refractivity contribution in [1.29, 1.82) is 0 Å². The van der Waals surface area contributed by atoms with Gasteiger partial charge in [-0.05, 0) is 69.4 Å². The zero-order chi connectivity index (χ0) is 34.3. The number of fused-ring (bicyclic) bond motifs is 2. The minimum absolute atomic E-state index is 0.0137. The number of nitrogens with zero attached hydrogens (tertiary/aromatic N) is 8. The smallest absolute Gasteiger partial charge is 0.254 e. The molecule has 3 aliphatic rings. The fourth-order valence-electron chi connectivity index (χ4n) is 7.89. The van der Waals surface area contributed by atoms with Gasteiger partial charge in [-0.15, -0.1) is 0 Å². The Kier molecular flexibility index (Phi) is 7.38. The van der Waals surface area contributed by atoms with Crippen LogP contribution in [-0.4, -0.2) is 70.1 Å². The Morgan fingerprint density at radius 3 is 2.38 bits per heavy atom. The van der Waals surface area contributed by atoms with Crippen molar-refractivity contribution in [3.8, 4) is 22.6 Å². The Morgan fingerprint density at radius 2 is 1.66 bits per heavy atom. The van der Waals surface area contributed by atoms with Crippen molar-refractivity contribution in [2.24, 2.45) is 14.1 Å². The van der Waals surface area contributed by atoms with E-state index in [1.807, 2.05) is 41.2 Å². The van der Waals surface area contributed by atoms with Gasteiger partial charge in [0.05, 0.1) is 23.4 Å². The van der Waals surface area contributed by atoms with Crippen LogP contribution in [0, 0.1) is 0 Å².